The van der Waals surface area contributed by atoms with Crippen molar-refractivity contribution in [3.8, 4) is 11.1 Å². The summed E-state index contributed by atoms with van der Waals surface area (Å²) in [6.07, 6.45) is -0.737. The average Bonchev–Trinajstić information content (AvgIpc) is 2.96. The second-order valence-electron chi connectivity index (χ2n) is 6.06. The van der Waals surface area contributed by atoms with E-state index >= 15 is 0 Å². The van der Waals surface area contributed by atoms with Crippen LogP contribution < -0.4 is 4.72 Å². The van der Waals surface area contributed by atoms with Gasteiger partial charge in [0.1, 0.15) is 5.82 Å². The Bertz CT molecular complexity index is 948. The number of sulfonamides is 1. The molecule has 1 aromatic carbocycles. The Labute approximate surface area is 149 Å². The van der Waals surface area contributed by atoms with E-state index in [1.54, 1.807) is 0 Å². The predicted molar refractivity (Wildman–Crippen MR) is 90.4 cm³/mol. The van der Waals surface area contributed by atoms with E-state index in [4.69, 9.17) is 0 Å². The zero-order valence-electron chi connectivity index (χ0n) is 13.8. The second-order valence-corrected chi connectivity index (χ2v) is 8.10. The number of hydrogen-bond donors (Lipinski definition) is 1. The molecule has 142 valence electrons. The lowest BCUT2D eigenvalue weighted by molar-refractivity contribution is -0.139. The molecule has 1 heterocycles. The summed E-state index contributed by atoms with van der Waals surface area (Å²) >= 11 is 0. The van der Waals surface area contributed by atoms with Crippen molar-refractivity contribution in [2.45, 2.75) is 32.0 Å². The summed E-state index contributed by atoms with van der Waals surface area (Å²) < 4.78 is 78.3. The van der Waals surface area contributed by atoms with E-state index in [1.165, 1.54) is 25.4 Å². The van der Waals surface area contributed by atoms with Gasteiger partial charge in [-0.15, -0.1) is 0 Å². The first kappa shape index (κ1) is 18.8. The van der Waals surface area contributed by atoms with Gasteiger partial charge in [-0.2, -0.15) is 13.2 Å². The second kappa shape index (κ2) is 6.62. The highest BCUT2D eigenvalue weighted by molar-refractivity contribution is 7.89. The number of rotatable bonds is 4. The van der Waals surface area contributed by atoms with E-state index in [0.29, 0.717) is 30.0 Å². The monoisotopic (exact) mass is 390 g/mol. The normalized spacial score (nSPS) is 17.3. The molecule has 1 unspecified atom stereocenters. The zero-order chi connectivity index (χ0) is 19.1. The SMILES string of the molecule is CCS(=O)(=O)NC1CCc2c(-c3ccc(C(F)(F)F)c(F)c3)cncc21.[HH]. The molecular weight excluding hydrogens is 372 g/mol. The molecule has 9 heteroatoms. The molecule has 0 radical (unpaired) electrons. The maximum atomic E-state index is 13.9. The molecule has 0 aliphatic heterocycles. The van der Waals surface area contributed by atoms with Crippen molar-refractivity contribution in [3.63, 3.8) is 0 Å². The van der Waals surface area contributed by atoms with E-state index in [2.05, 4.69) is 9.71 Å². The average molecular weight is 390 g/mol. The summed E-state index contributed by atoms with van der Waals surface area (Å²) in [4.78, 5) is 4.06. The van der Waals surface area contributed by atoms with Crippen molar-refractivity contribution in [2.24, 2.45) is 0 Å². The number of pyridine rings is 1. The predicted octanol–water partition coefficient (Wildman–Crippen LogP) is 4.08. The van der Waals surface area contributed by atoms with Crippen molar-refractivity contribution < 1.29 is 27.4 Å². The van der Waals surface area contributed by atoms with Gasteiger partial charge in [-0.05, 0) is 48.6 Å². The summed E-state index contributed by atoms with van der Waals surface area (Å²) in [7, 11) is -3.41. The molecule has 0 saturated carbocycles. The minimum absolute atomic E-state index is 0. The third-order valence-corrected chi connectivity index (χ3v) is 5.84. The Morgan fingerprint density at radius 2 is 2.04 bits per heavy atom. The summed E-state index contributed by atoms with van der Waals surface area (Å²) in [6.45, 7) is 1.53. The van der Waals surface area contributed by atoms with Gasteiger partial charge in [0, 0.05) is 25.4 Å². The highest BCUT2D eigenvalue weighted by Gasteiger charge is 2.34. The molecule has 0 spiro atoms. The molecule has 3 rings (SSSR count). The van der Waals surface area contributed by atoms with Crippen LogP contribution in [0.1, 0.15) is 37.5 Å². The third kappa shape index (κ3) is 3.59. The molecule has 1 aliphatic carbocycles. The van der Waals surface area contributed by atoms with Crippen molar-refractivity contribution >= 4 is 10.0 Å². The molecule has 26 heavy (non-hydrogen) atoms. The van der Waals surface area contributed by atoms with E-state index < -0.39 is 33.6 Å². The number of fused-ring (bicyclic) bond motifs is 1. The number of nitrogens with zero attached hydrogens (tertiary/aromatic N) is 1. The zero-order valence-corrected chi connectivity index (χ0v) is 14.6. The maximum absolute atomic E-state index is 13.9. The highest BCUT2D eigenvalue weighted by atomic mass is 32.2. The first-order chi connectivity index (χ1) is 12.1. The maximum Gasteiger partial charge on any atom is 0.419 e. The summed E-state index contributed by atoms with van der Waals surface area (Å²) in [5, 5.41) is 0. The smallest absolute Gasteiger partial charge is 0.264 e. The standard InChI is InChI=1S/C17H16F4N2O2S.H2/c1-2-26(24,25)23-16-6-4-11-12(8-22-9-13(11)16)10-3-5-14(15(18)7-10)17(19,20)21;/h3,5,7-9,16,23H,2,4,6H2,1H3;1H. The van der Waals surface area contributed by atoms with Gasteiger partial charge in [0.15, 0.2) is 0 Å². The quantitative estimate of drug-likeness (QED) is 0.801. The molecule has 1 aliphatic rings. The van der Waals surface area contributed by atoms with Crippen LogP contribution in [0.4, 0.5) is 17.6 Å². The Kier molecular flexibility index (Phi) is 4.78. The number of alkyl halides is 3. The minimum atomic E-state index is -4.76. The van der Waals surface area contributed by atoms with E-state index in [-0.39, 0.29) is 12.7 Å². The van der Waals surface area contributed by atoms with Gasteiger partial charge in [0.2, 0.25) is 10.0 Å². The molecule has 0 amide bonds. The van der Waals surface area contributed by atoms with Gasteiger partial charge >= 0.3 is 6.18 Å². The van der Waals surface area contributed by atoms with Gasteiger partial charge < -0.3 is 0 Å². The molecule has 0 fully saturated rings. The number of nitrogens with one attached hydrogen (secondary N) is 1. The Hall–Kier alpha value is -2.00. The first-order valence-electron chi connectivity index (χ1n) is 7.96. The van der Waals surface area contributed by atoms with Crippen LogP contribution in [0.5, 0.6) is 0 Å². The van der Waals surface area contributed by atoms with Crippen LogP contribution in [0.15, 0.2) is 30.6 Å². The van der Waals surface area contributed by atoms with Crippen LogP contribution in [0.2, 0.25) is 0 Å². The van der Waals surface area contributed by atoms with Crippen LogP contribution in [0.3, 0.4) is 0 Å². The van der Waals surface area contributed by atoms with Crippen molar-refractivity contribution in [1.29, 1.82) is 0 Å². The molecule has 0 bridgehead atoms. The number of hydrogen-bond acceptors (Lipinski definition) is 3. The Morgan fingerprint density at radius 1 is 1.31 bits per heavy atom. The van der Waals surface area contributed by atoms with Crippen LogP contribution in [0, 0.1) is 5.82 Å². The van der Waals surface area contributed by atoms with Crippen LogP contribution >= 0.6 is 0 Å². The Morgan fingerprint density at radius 3 is 2.65 bits per heavy atom. The fourth-order valence-electron chi connectivity index (χ4n) is 3.11. The van der Waals surface area contributed by atoms with Crippen LogP contribution in [-0.2, 0) is 22.6 Å². The fraction of sp³-hybridized carbons (Fsp3) is 0.353. The lowest BCUT2D eigenvalue weighted by Gasteiger charge is -2.15. The van der Waals surface area contributed by atoms with E-state index in [0.717, 1.165) is 11.6 Å². The lowest BCUT2D eigenvalue weighted by atomic mass is 9.98. The van der Waals surface area contributed by atoms with Crippen LogP contribution in [-0.4, -0.2) is 19.2 Å². The largest absolute Gasteiger partial charge is 0.419 e. The van der Waals surface area contributed by atoms with Gasteiger partial charge in [0.05, 0.1) is 11.3 Å². The Balaban J connectivity index is 0.00000261. The topological polar surface area (TPSA) is 59.1 Å². The van der Waals surface area contributed by atoms with Gasteiger partial charge in [-0.25, -0.2) is 17.5 Å². The molecule has 4 nitrogen and oxygen atoms in total. The van der Waals surface area contributed by atoms with Gasteiger partial charge in [0.25, 0.3) is 0 Å². The molecule has 1 N–H and O–H groups in total. The van der Waals surface area contributed by atoms with Gasteiger partial charge in [-0.3, -0.25) is 4.98 Å². The number of halogens is 4. The summed E-state index contributed by atoms with van der Waals surface area (Å²) in [5.41, 5.74) is 0.894. The molecule has 0 saturated heterocycles. The minimum Gasteiger partial charge on any atom is -0.264 e. The molecule has 2 aromatic rings. The molecular formula is C17H18F4N2O2S. The van der Waals surface area contributed by atoms with Crippen LogP contribution in [0.25, 0.3) is 11.1 Å². The fourth-order valence-corrected chi connectivity index (χ4v) is 3.96. The summed E-state index contributed by atoms with van der Waals surface area (Å²) in [5.74, 6) is -1.41. The molecule has 1 atom stereocenters. The number of aromatic nitrogens is 1. The highest BCUT2D eigenvalue weighted by Crippen LogP contribution is 2.39. The molecule has 1 aromatic heterocycles. The third-order valence-electron chi connectivity index (χ3n) is 4.44. The van der Waals surface area contributed by atoms with Crippen molar-refractivity contribution in [3.05, 3.63) is 53.1 Å². The number of benzene rings is 1. The lowest BCUT2D eigenvalue weighted by Crippen LogP contribution is -2.28. The van der Waals surface area contributed by atoms with Crippen molar-refractivity contribution in [1.82, 2.24) is 9.71 Å². The summed E-state index contributed by atoms with van der Waals surface area (Å²) in [6, 6.07) is 2.30. The van der Waals surface area contributed by atoms with E-state index in [9.17, 15) is 26.0 Å². The van der Waals surface area contributed by atoms with E-state index in [1.807, 2.05) is 0 Å². The van der Waals surface area contributed by atoms with Crippen molar-refractivity contribution in [2.75, 3.05) is 5.75 Å². The van der Waals surface area contributed by atoms with Gasteiger partial charge in [-0.1, -0.05) is 6.07 Å². The first-order valence-corrected chi connectivity index (χ1v) is 9.61.